The third kappa shape index (κ3) is 3.42. The third-order valence-electron chi connectivity index (χ3n) is 2.84. The van der Waals surface area contributed by atoms with Gasteiger partial charge in [0.05, 0.1) is 18.4 Å². The van der Waals surface area contributed by atoms with Gasteiger partial charge in [-0.3, -0.25) is 0 Å². The van der Waals surface area contributed by atoms with Crippen LogP contribution in [0.1, 0.15) is 15.9 Å². The van der Waals surface area contributed by atoms with Crippen LogP contribution < -0.4 is 10.1 Å². The molecular formula is C15H14ClNO3. The molecule has 0 aliphatic rings. The minimum absolute atomic E-state index is 0.212. The maximum Gasteiger partial charge on any atom is 0.335 e. The molecule has 0 heterocycles. The molecule has 104 valence electrons. The van der Waals surface area contributed by atoms with Gasteiger partial charge in [-0.2, -0.15) is 0 Å². The van der Waals surface area contributed by atoms with Crippen molar-refractivity contribution >= 4 is 23.3 Å². The van der Waals surface area contributed by atoms with Crippen LogP contribution in [0.15, 0.2) is 42.5 Å². The summed E-state index contributed by atoms with van der Waals surface area (Å²) in [6.07, 6.45) is 0. The van der Waals surface area contributed by atoms with E-state index in [-0.39, 0.29) is 5.56 Å². The average Bonchev–Trinajstić information content (AvgIpc) is 2.46. The first-order chi connectivity index (χ1) is 9.60. The van der Waals surface area contributed by atoms with Crippen LogP contribution in [0.25, 0.3) is 0 Å². The molecule has 0 atom stereocenters. The zero-order valence-corrected chi connectivity index (χ0v) is 11.6. The van der Waals surface area contributed by atoms with E-state index in [1.54, 1.807) is 19.2 Å². The Labute approximate surface area is 122 Å². The Balaban J connectivity index is 2.16. The van der Waals surface area contributed by atoms with Gasteiger partial charge in [0, 0.05) is 11.6 Å². The van der Waals surface area contributed by atoms with Gasteiger partial charge in [0.25, 0.3) is 0 Å². The second kappa shape index (κ2) is 6.30. The molecule has 20 heavy (non-hydrogen) atoms. The lowest BCUT2D eigenvalue weighted by molar-refractivity contribution is 0.0697. The fraction of sp³-hybridized carbons (Fsp3) is 0.133. The van der Waals surface area contributed by atoms with E-state index in [2.05, 4.69) is 5.32 Å². The van der Waals surface area contributed by atoms with Gasteiger partial charge >= 0.3 is 5.97 Å². The highest BCUT2D eigenvalue weighted by Gasteiger charge is 2.08. The maximum atomic E-state index is 11.0. The number of benzene rings is 2. The van der Waals surface area contributed by atoms with E-state index in [4.69, 9.17) is 21.4 Å². The van der Waals surface area contributed by atoms with E-state index in [1.165, 1.54) is 6.07 Å². The molecule has 0 radical (unpaired) electrons. The molecule has 0 amide bonds. The lowest BCUT2D eigenvalue weighted by Crippen LogP contribution is -2.04. The van der Waals surface area contributed by atoms with Gasteiger partial charge in [-0.05, 0) is 35.9 Å². The molecule has 5 heteroatoms. The second-order valence-electron chi connectivity index (χ2n) is 4.20. The minimum Gasteiger partial charge on any atom is -0.495 e. The lowest BCUT2D eigenvalue weighted by atomic mass is 10.1. The Kier molecular flexibility index (Phi) is 4.48. The van der Waals surface area contributed by atoms with E-state index in [0.717, 1.165) is 5.56 Å². The van der Waals surface area contributed by atoms with Crippen molar-refractivity contribution in [2.24, 2.45) is 0 Å². The fourth-order valence-electron chi connectivity index (χ4n) is 1.78. The van der Waals surface area contributed by atoms with Crippen LogP contribution in [0.4, 0.5) is 5.69 Å². The van der Waals surface area contributed by atoms with Crippen LogP contribution in [0.5, 0.6) is 5.75 Å². The van der Waals surface area contributed by atoms with Crippen LogP contribution >= 0.6 is 11.6 Å². The van der Waals surface area contributed by atoms with Crippen molar-refractivity contribution in [1.29, 1.82) is 0 Å². The van der Waals surface area contributed by atoms with Gasteiger partial charge in [0.2, 0.25) is 0 Å². The summed E-state index contributed by atoms with van der Waals surface area (Å²) >= 11 is 5.83. The van der Waals surface area contributed by atoms with E-state index in [1.807, 2.05) is 24.3 Å². The zero-order chi connectivity index (χ0) is 14.5. The van der Waals surface area contributed by atoms with E-state index < -0.39 is 5.97 Å². The number of rotatable bonds is 5. The van der Waals surface area contributed by atoms with Crippen LogP contribution in [0.3, 0.4) is 0 Å². The molecular weight excluding hydrogens is 278 g/mol. The monoisotopic (exact) mass is 291 g/mol. The van der Waals surface area contributed by atoms with Gasteiger partial charge in [0.15, 0.2) is 0 Å². The van der Waals surface area contributed by atoms with Gasteiger partial charge in [-0.1, -0.05) is 23.7 Å². The molecule has 2 aromatic rings. The lowest BCUT2D eigenvalue weighted by Gasteiger charge is -2.12. The highest BCUT2D eigenvalue weighted by Crippen LogP contribution is 2.26. The summed E-state index contributed by atoms with van der Waals surface area (Å²) in [6, 6.07) is 12.1. The molecule has 4 nitrogen and oxygen atoms in total. The SMILES string of the molecule is COc1ccc(C(=O)O)cc1NCc1ccc(Cl)cc1. The number of carboxylic acids is 1. The van der Waals surface area contributed by atoms with E-state index >= 15 is 0 Å². The number of carbonyl (C=O) groups is 1. The number of aromatic carboxylic acids is 1. The van der Waals surface area contributed by atoms with Gasteiger partial charge in [-0.25, -0.2) is 4.79 Å². The maximum absolute atomic E-state index is 11.0. The molecule has 0 aliphatic carbocycles. The van der Waals surface area contributed by atoms with Gasteiger partial charge in [0.1, 0.15) is 5.75 Å². The number of ether oxygens (including phenoxy) is 1. The number of halogens is 1. The molecule has 0 saturated carbocycles. The van der Waals surface area contributed by atoms with Crippen LogP contribution in [-0.2, 0) is 6.54 Å². The molecule has 0 aromatic heterocycles. The standard InChI is InChI=1S/C15H14ClNO3/c1-20-14-7-4-11(15(18)19)8-13(14)17-9-10-2-5-12(16)6-3-10/h2-8,17H,9H2,1H3,(H,18,19). The number of hydrogen-bond donors (Lipinski definition) is 2. The molecule has 0 bridgehead atoms. The van der Waals surface area contributed by atoms with Crippen molar-refractivity contribution in [3.63, 3.8) is 0 Å². The van der Waals surface area contributed by atoms with Gasteiger partial charge < -0.3 is 15.2 Å². The number of nitrogens with one attached hydrogen (secondary N) is 1. The summed E-state index contributed by atoms with van der Waals surface area (Å²) < 4.78 is 5.21. The minimum atomic E-state index is -0.970. The Morgan fingerprint density at radius 2 is 1.95 bits per heavy atom. The average molecular weight is 292 g/mol. The molecule has 0 fully saturated rings. The van der Waals surface area contributed by atoms with Crippen LogP contribution in [0, 0.1) is 0 Å². The number of anilines is 1. The summed E-state index contributed by atoms with van der Waals surface area (Å²) in [6.45, 7) is 0.552. The summed E-state index contributed by atoms with van der Waals surface area (Å²) in [5.41, 5.74) is 1.89. The highest BCUT2D eigenvalue weighted by molar-refractivity contribution is 6.30. The van der Waals surface area contributed by atoms with Crippen LogP contribution in [0.2, 0.25) is 5.02 Å². The molecule has 0 spiro atoms. The highest BCUT2D eigenvalue weighted by atomic mass is 35.5. The predicted octanol–water partition coefficient (Wildman–Crippen LogP) is 3.66. The third-order valence-corrected chi connectivity index (χ3v) is 3.09. The van der Waals surface area contributed by atoms with Crippen molar-refractivity contribution in [2.75, 3.05) is 12.4 Å². The summed E-state index contributed by atoms with van der Waals surface area (Å²) in [4.78, 5) is 11.0. The Morgan fingerprint density at radius 1 is 1.25 bits per heavy atom. The van der Waals surface area contributed by atoms with E-state index in [9.17, 15) is 4.79 Å². The number of carboxylic acid groups (broad SMARTS) is 1. The Hall–Kier alpha value is -2.20. The second-order valence-corrected chi connectivity index (χ2v) is 4.64. The number of methoxy groups -OCH3 is 1. The molecule has 2 N–H and O–H groups in total. The summed E-state index contributed by atoms with van der Waals surface area (Å²) in [5, 5.41) is 12.8. The zero-order valence-electron chi connectivity index (χ0n) is 10.9. The van der Waals surface area contributed by atoms with E-state index in [0.29, 0.717) is 23.0 Å². The molecule has 0 aliphatic heterocycles. The largest absolute Gasteiger partial charge is 0.495 e. The molecule has 2 rings (SSSR count). The Morgan fingerprint density at radius 3 is 2.55 bits per heavy atom. The predicted molar refractivity (Wildman–Crippen MR) is 78.7 cm³/mol. The van der Waals surface area contributed by atoms with Crippen molar-refractivity contribution in [3.05, 3.63) is 58.6 Å². The molecule has 0 unspecified atom stereocenters. The van der Waals surface area contributed by atoms with Crippen LogP contribution in [-0.4, -0.2) is 18.2 Å². The smallest absolute Gasteiger partial charge is 0.335 e. The first-order valence-corrected chi connectivity index (χ1v) is 6.37. The first-order valence-electron chi connectivity index (χ1n) is 6.00. The quantitative estimate of drug-likeness (QED) is 0.882. The molecule has 2 aromatic carbocycles. The summed E-state index contributed by atoms with van der Waals surface area (Å²) in [7, 11) is 1.54. The Bertz CT molecular complexity index is 611. The first kappa shape index (κ1) is 14.2. The summed E-state index contributed by atoms with van der Waals surface area (Å²) in [5.74, 6) is -0.369. The van der Waals surface area contributed by atoms with Crippen molar-refractivity contribution < 1.29 is 14.6 Å². The molecule has 0 saturated heterocycles. The van der Waals surface area contributed by atoms with Crippen molar-refractivity contribution in [2.45, 2.75) is 6.54 Å². The topological polar surface area (TPSA) is 58.6 Å². The fourth-order valence-corrected chi connectivity index (χ4v) is 1.90. The van der Waals surface area contributed by atoms with Gasteiger partial charge in [-0.15, -0.1) is 0 Å². The normalized spacial score (nSPS) is 10.1. The van der Waals surface area contributed by atoms with Crippen molar-refractivity contribution in [3.8, 4) is 5.75 Å². The van der Waals surface area contributed by atoms with Crippen molar-refractivity contribution in [1.82, 2.24) is 0 Å². The number of hydrogen-bond acceptors (Lipinski definition) is 3.